The molecule has 0 heterocycles. The minimum atomic E-state index is -0.968. The maximum atomic E-state index is 11.5. The number of esters is 1. The SMILES string of the molecule is CC(C)(CN)CCC(=O)OC(=O)OCc1ccccc1. The lowest BCUT2D eigenvalue weighted by Crippen LogP contribution is -2.25. The van der Waals surface area contributed by atoms with Gasteiger partial charge in [0.1, 0.15) is 6.61 Å². The molecule has 0 saturated heterocycles. The first kappa shape index (κ1) is 16.2. The summed E-state index contributed by atoms with van der Waals surface area (Å²) in [4.78, 5) is 22.8. The first-order valence-corrected chi connectivity index (χ1v) is 6.54. The molecule has 0 fully saturated rings. The van der Waals surface area contributed by atoms with Crippen LogP contribution < -0.4 is 5.73 Å². The smallest absolute Gasteiger partial charge is 0.429 e. The zero-order valence-electron chi connectivity index (χ0n) is 11.9. The van der Waals surface area contributed by atoms with Crippen molar-refractivity contribution in [1.82, 2.24) is 0 Å². The van der Waals surface area contributed by atoms with Gasteiger partial charge in [0.25, 0.3) is 0 Å². The molecule has 1 rings (SSSR count). The summed E-state index contributed by atoms with van der Waals surface area (Å²) >= 11 is 0. The topological polar surface area (TPSA) is 78.6 Å². The van der Waals surface area contributed by atoms with Crippen LogP contribution in [0.1, 0.15) is 32.3 Å². The Kier molecular flexibility index (Phi) is 6.18. The Labute approximate surface area is 119 Å². The van der Waals surface area contributed by atoms with Crippen molar-refractivity contribution in [1.29, 1.82) is 0 Å². The van der Waals surface area contributed by atoms with E-state index < -0.39 is 12.1 Å². The summed E-state index contributed by atoms with van der Waals surface area (Å²) in [5.74, 6) is -0.593. The highest BCUT2D eigenvalue weighted by molar-refractivity contribution is 5.81. The van der Waals surface area contributed by atoms with Gasteiger partial charge in [-0.3, -0.25) is 4.79 Å². The summed E-state index contributed by atoms with van der Waals surface area (Å²) in [6.45, 7) is 4.46. The number of hydrogen-bond acceptors (Lipinski definition) is 5. The summed E-state index contributed by atoms with van der Waals surface area (Å²) in [5.41, 5.74) is 6.25. The Morgan fingerprint density at radius 1 is 1.20 bits per heavy atom. The number of carbonyl (C=O) groups is 2. The van der Waals surface area contributed by atoms with E-state index in [0.29, 0.717) is 13.0 Å². The average Bonchev–Trinajstić information content (AvgIpc) is 2.44. The highest BCUT2D eigenvalue weighted by Crippen LogP contribution is 2.20. The van der Waals surface area contributed by atoms with Gasteiger partial charge in [0, 0.05) is 6.42 Å². The number of hydrogen-bond donors (Lipinski definition) is 1. The largest absolute Gasteiger partial charge is 0.516 e. The van der Waals surface area contributed by atoms with Gasteiger partial charge in [-0.15, -0.1) is 0 Å². The number of benzene rings is 1. The zero-order chi connectivity index (χ0) is 15.0. The van der Waals surface area contributed by atoms with Crippen molar-refractivity contribution in [2.45, 2.75) is 33.3 Å². The molecule has 5 heteroatoms. The molecule has 1 aromatic carbocycles. The van der Waals surface area contributed by atoms with Crippen LogP contribution in [0.2, 0.25) is 0 Å². The Morgan fingerprint density at radius 2 is 1.85 bits per heavy atom. The van der Waals surface area contributed by atoms with Gasteiger partial charge in [-0.25, -0.2) is 4.79 Å². The normalized spacial score (nSPS) is 10.9. The standard InChI is InChI=1S/C15H21NO4/c1-15(2,11-16)9-8-13(17)20-14(18)19-10-12-6-4-3-5-7-12/h3-7H,8-11,16H2,1-2H3. The molecule has 0 aliphatic carbocycles. The molecule has 5 nitrogen and oxygen atoms in total. The summed E-state index contributed by atoms with van der Waals surface area (Å²) in [6, 6.07) is 9.18. The lowest BCUT2D eigenvalue weighted by Gasteiger charge is -2.20. The molecule has 110 valence electrons. The van der Waals surface area contributed by atoms with Gasteiger partial charge in [0.2, 0.25) is 0 Å². The van der Waals surface area contributed by atoms with Crippen molar-refractivity contribution < 1.29 is 19.1 Å². The average molecular weight is 279 g/mol. The van der Waals surface area contributed by atoms with Gasteiger partial charge < -0.3 is 15.2 Å². The molecule has 0 spiro atoms. The van der Waals surface area contributed by atoms with Gasteiger partial charge in [-0.1, -0.05) is 44.2 Å². The Balaban J connectivity index is 2.27. The zero-order valence-corrected chi connectivity index (χ0v) is 11.9. The third kappa shape index (κ3) is 6.33. The van der Waals surface area contributed by atoms with Gasteiger partial charge in [0.05, 0.1) is 0 Å². The van der Waals surface area contributed by atoms with Gasteiger partial charge in [0.15, 0.2) is 0 Å². The van der Waals surface area contributed by atoms with E-state index in [2.05, 4.69) is 4.74 Å². The van der Waals surface area contributed by atoms with E-state index in [-0.39, 0.29) is 18.4 Å². The van der Waals surface area contributed by atoms with Crippen LogP contribution in [0.25, 0.3) is 0 Å². The Hall–Kier alpha value is -1.88. The van der Waals surface area contributed by atoms with Crippen LogP contribution in [0.4, 0.5) is 4.79 Å². The third-order valence-electron chi connectivity index (χ3n) is 2.96. The van der Waals surface area contributed by atoms with Crippen LogP contribution >= 0.6 is 0 Å². The summed E-state index contributed by atoms with van der Waals surface area (Å²) < 4.78 is 9.42. The fourth-order valence-corrected chi connectivity index (χ4v) is 1.43. The van der Waals surface area contributed by atoms with Crippen LogP contribution in [-0.4, -0.2) is 18.7 Å². The maximum Gasteiger partial charge on any atom is 0.516 e. The molecule has 0 aromatic heterocycles. The lowest BCUT2D eigenvalue weighted by molar-refractivity contribution is -0.140. The molecule has 0 aliphatic heterocycles. The first-order valence-electron chi connectivity index (χ1n) is 6.54. The van der Waals surface area contributed by atoms with Gasteiger partial charge >= 0.3 is 12.1 Å². The van der Waals surface area contributed by atoms with E-state index in [4.69, 9.17) is 10.5 Å². The molecule has 1 aromatic rings. The molecule has 0 atom stereocenters. The van der Waals surface area contributed by atoms with E-state index in [1.54, 1.807) is 0 Å². The van der Waals surface area contributed by atoms with E-state index >= 15 is 0 Å². The van der Waals surface area contributed by atoms with Crippen molar-refractivity contribution in [2.24, 2.45) is 11.1 Å². The van der Waals surface area contributed by atoms with Gasteiger partial charge in [-0.05, 0) is 23.9 Å². The molecule has 0 aliphatic rings. The third-order valence-corrected chi connectivity index (χ3v) is 2.96. The molecule has 2 N–H and O–H groups in total. The Bertz CT molecular complexity index is 442. The Morgan fingerprint density at radius 3 is 2.45 bits per heavy atom. The predicted molar refractivity (Wildman–Crippen MR) is 74.8 cm³/mol. The van der Waals surface area contributed by atoms with Crippen molar-refractivity contribution in [3.05, 3.63) is 35.9 Å². The van der Waals surface area contributed by atoms with Gasteiger partial charge in [-0.2, -0.15) is 0 Å². The van der Waals surface area contributed by atoms with Crippen LogP contribution in [-0.2, 0) is 20.9 Å². The second-order valence-electron chi connectivity index (χ2n) is 5.37. The van der Waals surface area contributed by atoms with Crippen molar-refractivity contribution >= 4 is 12.1 Å². The summed E-state index contributed by atoms with van der Waals surface area (Å²) in [6.07, 6.45) is -0.261. The summed E-state index contributed by atoms with van der Waals surface area (Å²) in [7, 11) is 0. The highest BCUT2D eigenvalue weighted by atomic mass is 16.7. The van der Waals surface area contributed by atoms with E-state index in [0.717, 1.165) is 5.56 Å². The minimum Gasteiger partial charge on any atom is -0.429 e. The molecule has 0 bridgehead atoms. The van der Waals surface area contributed by atoms with Crippen molar-refractivity contribution in [3.63, 3.8) is 0 Å². The summed E-state index contributed by atoms with van der Waals surface area (Å²) in [5, 5.41) is 0. The molecule has 0 saturated carbocycles. The lowest BCUT2D eigenvalue weighted by atomic mass is 9.88. The second-order valence-corrected chi connectivity index (χ2v) is 5.37. The number of ether oxygens (including phenoxy) is 2. The van der Waals surface area contributed by atoms with Crippen LogP contribution in [0.3, 0.4) is 0 Å². The minimum absolute atomic E-state index is 0.0846. The quantitative estimate of drug-likeness (QED) is 0.639. The fourth-order valence-electron chi connectivity index (χ4n) is 1.43. The molecule has 0 amide bonds. The molecular weight excluding hydrogens is 258 g/mol. The second kappa shape index (κ2) is 7.65. The number of nitrogens with two attached hydrogens (primary N) is 1. The van der Waals surface area contributed by atoms with Crippen molar-refractivity contribution in [3.8, 4) is 0 Å². The first-order chi connectivity index (χ1) is 9.43. The molecule has 0 radical (unpaired) electrons. The highest BCUT2D eigenvalue weighted by Gasteiger charge is 2.19. The van der Waals surface area contributed by atoms with E-state index in [1.165, 1.54) is 0 Å². The van der Waals surface area contributed by atoms with Crippen LogP contribution in [0.5, 0.6) is 0 Å². The monoisotopic (exact) mass is 279 g/mol. The van der Waals surface area contributed by atoms with E-state index in [1.807, 2.05) is 44.2 Å². The van der Waals surface area contributed by atoms with Crippen LogP contribution in [0.15, 0.2) is 30.3 Å². The number of carbonyl (C=O) groups excluding carboxylic acids is 2. The molecular formula is C15H21NO4. The van der Waals surface area contributed by atoms with E-state index in [9.17, 15) is 9.59 Å². The van der Waals surface area contributed by atoms with Crippen LogP contribution in [0, 0.1) is 5.41 Å². The predicted octanol–water partition coefficient (Wildman–Crippen LogP) is 2.63. The van der Waals surface area contributed by atoms with Crippen molar-refractivity contribution in [2.75, 3.05) is 6.54 Å². The molecule has 0 unspecified atom stereocenters. The maximum absolute atomic E-state index is 11.5. The molecule has 20 heavy (non-hydrogen) atoms. The fraction of sp³-hybridized carbons (Fsp3) is 0.467. The number of rotatable bonds is 6.